The Balaban J connectivity index is 2.11. The molecule has 0 aromatic carbocycles. The summed E-state index contributed by atoms with van der Waals surface area (Å²) in [6.45, 7) is 0. The van der Waals surface area contributed by atoms with Gasteiger partial charge >= 0.3 is 0 Å². The average molecular weight is 175 g/mol. The van der Waals surface area contributed by atoms with Gasteiger partial charge in [0.05, 0.1) is 0 Å². The third-order valence-corrected chi connectivity index (χ3v) is 2.99. The minimum absolute atomic E-state index is 0.256. The third-order valence-electron chi connectivity index (χ3n) is 2.99. The van der Waals surface area contributed by atoms with Crippen molar-refractivity contribution in [3.63, 3.8) is 0 Å². The van der Waals surface area contributed by atoms with Crippen molar-refractivity contribution in [3.8, 4) is 0 Å². The summed E-state index contributed by atoms with van der Waals surface area (Å²) in [5.74, 6) is 0.606. The van der Waals surface area contributed by atoms with Crippen LogP contribution in [0.3, 0.4) is 0 Å². The minimum Gasteiger partial charge on any atom is -0.324 e. The number of rotatable bonds is 1. The molecule has 0 amide bonds. The van der Waals surface area contributed by atoms with Crippen LogP contribution in [0.5, 0.6) is 0 Å². The zero-order chi connectivity index (χ0) is 9.10. The molecule has 1 nitrogen and oxygen atoms in total. The highest BCUT2D eigenvalue weighted by Crippen LogP contribution is 2.29. The second-order valence-corrected chi connectivity index (χ2v) is 3.90. The van der Waals surface area contributed by atoms with Gasteiger partial charge in [-0.05, 0) is 31.6 Å². The van der Waals surface area contributed by atoms with Crippen molar-refractivity contribution in [2.24, 2.45) is 11.7 Å². The Morgan fingerprint density at radius 1 is 1.23 bits per heavy atom. The summed E-state index contributed by atoms with van der Waals surface area (Å²) in [7, 11) is 0. The van der Waals surface area contributed by atoms with Crippen LogP contribution in [0.25, 0.3) is 0 Å². The largest absolute Gasteiger partial charge is 0.324 e. The van der Waals surface area contributed by atoms with E-state index in [0.29, 0.717) is 5.92 Å². The molecule has 0 spiro atoms. The van der Waals surface area contributed by atoms with Gasteiger partial charge in [-0.2, -0.15) is 0 Å². The standard InChI is InChI=1S/C12H17N/c13-12-9-5-4-8-11(12)10-6-2-1-3-7-10/h1-2,5-6,9,11-12H,3-4,7-8,13H2. The van der Waals surface area contributed by atoms with E-state index in [1.54, 1.807) is 5.57 Å². The second kappa shape index (κ2) is 3.93. The molecule has 2 aliphatic rings. The molecule has 0 aromatic rings. The molecule has 0 radical (unpaired) electrons. The van der Waals surface area contributed by atoms with Gasteiger partial charge in [0, 0.05) is 6.04 Å². The average Bonchev–Trinajstić information content (AvgIpc) is 2.20. The summed E-state index contributed by atoms with van der Waals surface area (Å²) in [6, 6.07) is 0.256. The van der Waals surface area contributed by atoms with Crippen molar-refractivity contribution < 1.29 is 0 Å². The zero-order valence-corrected chi connectivity index (χ0v) is 7.95. The lowest BCUT2D eigenvalue weighted by Gasteiger charge is -2.27. The van der Waals surface area contributed by atoms with Crippen molar-refractivity contribution in [1.29, 1.82) is 0 Å². The predicted molar refractivity (Wildman–Crippen MR) is 56.3 cm³/mol. The van der Waals surface area contributed by atoms with E-state index in [4.69, 9.17) is 5.73 Å². The van der Waals surface area contributed by atoms with Crippen LogP contribution in [0.4, 0.5) is 0 Å². The molecule has 0 aromatic heterocycles. The Labute approximate surface area is 80.0 Å². The van der Waals surface area contributed by atoms with E-state index in [-0.39, 0.29) is 6.04 Å². The molecular weight excluding hydrogens is 158 g/mol. The lowest BCUT2D eigenvalue weighted by Crippen LogP contribution is -2.31. The first-order chi connectivity index (χ1) is 6.38. The summed E-state index contributed by atoms with van der Waals surface area (Å²) in [5.41, 5.74) is 7.61. The maximum atomic E-state index is 6.06. The van der Waals surface area contributed by atoms with Gasteiger partial charge in [-0.25, -0.2) is 0 Å². The SMILES string of the molecule is NC1C=CCCC1C1=CC=CCC1. The first kappa shape index (κ1) is 8.76. The summed E-state index contributed by atoms with van der Waals surface area (Å²) < 4.78 is 0. The number of hydrogen-bond donors (Lipinski definition) is 1. The Hall–Kier alpha value is -0.820. The zero-order valence-electron chi connectivity index (χ0n) is 7.95. The summed E-state index contributed by atoms with van der Waals surface area (Å²) in [6.07, 6.45) is 15.9. The molecule has 0 bridgehead atoms. The quantitative estimate of drug-likeness (QED) is 0.609. The van der Waals surface area contributed by atoms with Crippen molar-refractivity contribution in [3.05, 3.63) is 36.0 Å². The predicted octanol–water partition coefficient (Wildman–Crippen LogP) is 2.56. The Kier molecular flexibility index (Phi) is 2.65. The maximum Gasteiger partial charge on any atom is 0.0290 e. The van der Waals surface area contributed by atoms with E-state index in [9.17, 15) is 0 Å². The van der Waals surface area contributed by atoms with Crippen LogP contribution in [0.1, 0.15) is 25.7 Å². The normalized spacial score (nSPS) is 33.2. The molecule has 13 heavy (non-hydrogen) atoms. The molecule has 0 aliphatic heterocycles. The van der Waals surface area contributed by atoms with Crippen molar-refractivity contribution in [2.75, 3.05) is 0 Å². The fourth-order valence-corrected chi connectivity index (χ4v) is 2.22. The monoisotopic (exact) mass is 175 g/mol. The highest BCUT2D eigenvalue weighted by atomic mass is 14.6. The summed E-state index contributed by atoms with van der Waals surface area (Å²) >= 11 is 0. The van der Waals surface area contributed by atoms with Crippen LogP contribution < -0.4 is 5.73 Å². The van der Waals surface area contributed by atoms with Crippen LogP contribution in [0.15, 0.2) is 36.0 Å². The molecule has 2 atom stereocenters. The molecule has 1 heteroatoms. The van der Waals surface area contributed by atoms with Gasteiger partial charge in [-0.3, -0.25) is 0 Å². The number of hydrogen-bond acceptors (Lipinski definition) is 1. The first-order valence-corrected chi connectivity index (χ1v) is 5.16. The third kappa shape index (κ3) is 1.92. The number of nitrogens with two attached hydrogens (primary N) is 1. The van der Waals surface area contributed by atoms with Gasteiger partial charge in [-0.15, -0.1) is 0 Å². The molecule has 2 aliphatic carbocycles. The topological polar surface area (TPSA) is 26.0 Å². The minimum atomic E-state index is 0.256. The van der Waals surface area contributed by atoms with E-state index in [1.807, 2.05) is 0 Å². The highest BCUT2D eigenvalue weighted by molar-refractivity contribution is 5.24. The van der Waals surface area contributed by atoms with E-state index >= 15 is 0 Å². The molecule has 0 heterocycles. The van der Waals surface area contributed by atoms with Crippen molar-refractivity contribution in [1.82, 2.24) is 0 Å². The van der Waals surface area contributed by atoms with Gasteiger partial charge in [0.15, 0.2) is 0 Å². The molecule has 2 unspecified atom stereocenters. The lowest BCUT2D eigenvalue weighted by atomic mass is 9.81. The van der Waals surface area contributed by atoms with Crippen LogP contribution in [-0.4, -0.2) is 6.04 Å². The maximum absolute atomic E-state index is 6.06. The highest BCUT2D eigenvalue weighted by Gasteiger charge is 2.21. The molecule has 2 rings (SSSR count). The molecule has 0 fully saturated rings. The van der Waals surface area contributed by atoms with Gasteiger partial charge in [0.1, 0.15) is 0 Å². The van der Waals surface area contributed by atoms with Gasteiger partial charge in [-0.1, -0.05) is 36.0 Å². The molecule has 70 valence electrons. The fourth-order valence-electron chi connectivity index (χ4n) is 2.22. The smallest absolute Gasteiger partial charge is 0.0290 e. The van der Waals surface area contributed by atoms with Gasteiger partial charge in [0.2, 0.25) is 0 Å². The van der Waals surface area contributed by atoms with E-state index in [1.165, 1.54) is 25.7 Å². The number of allylic oxidation sites excluding steroid dienone is 4. The van der Waals surface area contributed by atoms with Crippen LogP contribution in [0, 0.1) is 5.92 Å². The molecular formula is C12H17N. The van der Waals surface area contributed by atoms with Gasteiger partial charge < -0.3 is 5.73 Å². The summed E-state index contributed by atoms with van der Waals surface area (Å²) in [4.78, 5) is 0. The fraction of sp³-hybridized carbons (Fsp3) is 0.500. The Morgan fingerprint density at radius 3 is 2.85 bits per heavy atom. The summed E-state index contributed by atoms with van der Waals surface area (Å²) in [5, 5.41) is 0. The molecule has 0 saturated heterocycles. The van der Waals surface area contributed by atoms with Crippen LogP contribution in [-0.2, 0) is 0 Å². The molecule has 0 saturated carbocycles. The lowest BCUT2D eigenvalue weighted by molar-refractivity contribution is 0.475. The van der Waals surface area contributed by atoms with E-state index in [2.05, 4.69) is 30.4 Å². The van der Waals surface area contributed by atoms with Crippen LogP contribution >= 0.6 is 0 Å². The first-order valence-electron chi connectivity index (χ1n) is 5.16. The van der Waals surface area contributed by atoms with Gasteiger partial charge in [0.25, 0.3) is 0 Å². The van der Waals surface area contributed by atoms with E-state index in [0.717, 1.165) is 0 Å². The van der Waals surface area contributed by atoms with Crippen LogP contribution in [0.2, 0.25) is 0 Å². The van der Waals surface area contributed by atoms with Crippen molar-refractivity contribution >= 4 is 0 Å². The van der Waals surface area contributed by atoms with E-state index < -0.39 is 0 Å². The second-order valence-electron chi connectivity index (χ2n) is 3.90. The molecule has 2 N–H and O–H groups in total. The Morgan fingerprint density at radius 2 is 2.15 bits per heavy atom. The van der Waals surface area contributed by atoms with Crippen molar-refractivity contribution in [2.45, 2.75) is 31.7 Å². The Bertz CT molecular complexity index is 260.